The molecule has 1 aliphatic rings. The molecule has 18 heavy (non-hydrogen) atoms. The molecule has 0 bridgehead atoms. The first-order chi connectivity index (χ1) is 8.58. The van der Waals surface area contributed by atoms with Gasteiger partial charge in [0.1, 0.15) is 6.10 Å². The number of ether oxygens (including phenoxy) is 1. The van der Waals surface area contributed by atoms with Crippen molar-refractivity contribution in [1.82, 2.24) is 4.90 Å². The number of carbonyl (C=O) groups excluding carboxylic acids is 1. The lowest BCUT2D eigenvalue weighted by atomic mass is 10.1. The van der Waals surface area contributed by atoms with Crippen molar-refractivity contribution in [1.29, 1.82) is 0 Å². The van der Waals surface area contributed by atoms with Crippen LogP contribution in [-0.2, 0) is 9.53 Å². The SMILES string of the molecule is CC(C)C(=O)N1C[C@@H](C)O[C@H](c2ccccc2)C1. The Labute approximate surface area is 109 Å². The molecule has 1 fully saturated rings. The van der Waals surface area contributed by atoms with Gasteiger partial charge in [0.15, 0.2) is 0 Å². The van der Waals surface area contributed by atoms with Gasteiger partial charge in [0.05, 0.1) is 12.6 Å². The molecule has 1 saturated heterocycles. The molecule has 0 aliphatic carbocycles. The summed E-state index contributed by atoms with van der Waals surface area (Å²) in [5.41, 5.74) is 1.14. The zero-order valence-electron chi connectivity index (χ0n) is 11.3. The average molecular weight is 247 g/mol. The number of benzene rings is 1. The first-order valence-electron chi connectivity index (χ1n) is 6.57. The molecule has 0 N–H and O–H groups in total. The van der Waals surface area contributed by atoms with E-state index in [1.165, 1.54) is 0 Å². The van der Waals surface area contributed by atoms with Gasteiger partial charge in [-0.3, -0.25) is 4.79 Å². The summed E-state index contributed by atoms with van der Waals surface area (Å²) in [5, 5.41) is 0. The topological polar surface area (TPSA) is 29.5 Å². The van der Waals surface area contributed by atoms with Crippen LogP contribution in [0.25, 0.3) is 0 Å². The maximum atomic E-state index is 12.1. The van der Waals surface area contributed by atoms with Crippen LogP contribution in [0.1, 0.15) is 32.4 Å². The Balaban J connectivity index is 2.12. The third kappa shape index (κ3) is 2.91. The maximum Gasteiger partial charge on any atom is 0.225 e. The predicted octanol–water partition coefficient (Wildman–Crippen LogP) is 2.63. The van der Waals surface area contributed by atoms with Crippen LogP contribution in [0.15, 0.2) is 30.3 Å². The van der Waals surface area contributed by atoms with Crippen LogP contribution in [0, 0.1) is 5.92 Å². The van der Waals surface area contributed by atoms with Gasteiger partial charge in [0, 0.05) is 12.5 Å². The summed E-state index contributed by atoms with van der Waals surface area (Å²) in [6.45, 7) is 7.27. The summed E-state index contributed by atoms with van der Waals surface area (Å²) < 4.78 is 5.94. The number of amides is 1. The fourth-order valence-electron chi connectivity index (χ4n) is 2.35. The number of hydrogen-bond acceptors (Lipinski definition) is 2. The van der Waals surface area contributed by atoms with E-state index in [2.05, 4.69) is 12.1 Å². The highest BCUT2D eigenvalue weighted by atomic mass is 16.5. The van der Waals surface area contributed by atoms with Gasteiger partial charge in [-0.1, -0.05) is 44.2 Å². The molecule has 1 aliphatic heterocycles. The highest BCUT2D eigenvalue weighted by molar-refractivity contribution is 5.78. The Morgan fingerprint density at radius 1 is 1.28 bits per heavy atom. The van der Waals surface area contributed by atoms with Gasteiger partial charge in [0.25, 0.3) is 0 Å². The molecule has 2 rings (SSSR count). The molecular formula is C15H21NO2. The van der Waals surface area contributed by atoms with Crippen LogP contribution < -0.4 is 0 Å². The Hall–Kier alpha value is -1.35. The number of morpholine rings is 1. The van der Waals surface area contributed by atoms with E-state index in [0.29, 0.717) is 13.1 Å². The van der Waals surface area contributed by atoms with Crippen LogP contribution in [0.4, 0.5) is 0 Å². The van der Waals surface area contributed by atoms with E-state index >= 15 is 0 Å². The summed E-state index contributed by atoms with van der Waals surface area (Å²) >= 11 is 0. The smallest absolute Gasteiger partial charge is 0.225 e. The molecule has 2 atom stereocenters. The Kier molecular flexibility index (Phi) is 4.02. The molecule has 0 unspecified atom stereocenters. The van der Waals surface area contributed by atoms with Gasteiger partial charge in [-0.25, -0.2) is 0 Å². The summed E-state index contributed by atoms with van der Waals surface area (Å²) in [6, 6.07) is 10.1. The Morgan fingerprint density at radius 3 is 2.56 bits per heavy atom. The molecule has 1 aromatic carbocycles. The number of nitrogens with zero attached hydrogens (tertiary/aromatic N) is 1. The first kappa shape index (κ1) is 13.1. The highest BCUT2D eigenvalue weighted by Crippen LogP contribution is 2.25. The van der Waals surface area contributed by atoms with Crippen LogP contribution in [-0.4, -0.2) is 30.0 Å². The minimum Gasteiger partial charge on any atom is -0.367 e. The third-order valence-corrected chi connectivity index (χ3v) is 3.24. The molecule has 3 heteroatoms. The third-order valence-electron chi connectivity index (χ3n) is 3.24. The fourth-order valence-corrected chi connectivity index (χ4v) is 2.35. The molecule has 0 aromatic heterocycles. The van der Waals surface area contributed by atoms with Crippen molar-refractivity contribution in [3.8, 4) is 0 Å². The summed E-state index contributed by atoms with van der Waals surface area (Å²) in [4.78, 5) is 14.0. The van der Waals surface area contributed by atoms with Gasteiger partial charge in [-0.15, -0.1) is 0 Å². The van der Waals surface area contributed by atoms with Crippen LogP contribution in [0.2, 0.25) is 0 Å². The minimum atomic E-state index is -0.00218. The normalized spacial score (nSPS) is 24.3. The van der Waals surface area contributed by atoms with Gasteiger partial charge >= 0.3 is 0 Å². The highest BCUT2D eigenvalue weighted by Gasteiger charge is 2.30. The van der Waals surface area contributed by atoms with Crippen molar-refractivity contribution in [3.05, 3.63) is 35.9 Å². The lowest BCUT2D eigenvalue weighted by Gasteiger charge is -2.37. The second-order valence-electron chi connectivity index (χ2n) is 5.24. The van der Waals surface area contributed by atoms with E-state index in [4.69, 9.17) is 4.74 Å². The van der Waals surface area contributed by atoms with Gasteiger partial charge in [-0.2, -0.15) is 0 Å². The van der Waals surface area contributed by atoms with Gasteiger partial charge in [-0.05, 0) is 12.5 Å². The monoisotopic (exact) mass is 247 g/mol. The minimum absolute atomic E-state index is 0.00218. The average Bonchev–Trinajstić information content (AvgIpc) is 2.38. The van der Waals surface area contributed by atoms with E-state index in [1.807, 2.05) is 43.9 Å². The van der Waals surface area contributed by atoms with E-state index in [1.54, 1.807) is 0 Å². The number of carbonyl (C=O) groups is 1. The molecule has 1 aromatic rings. The van der Waals surface area contributed by atoms with Crippen molar-refractivity contribution >= 4 is 5.91 Å². The predicted molar refractivity (Wildman–Crippen MR) is 71.1 cm³/mol. The Morgan fingerprint density at radius 2 is 1.94 bits per heavy atom. The van der Waals surface area contributed by atoms with Crippen molar-refractivity contribution in [2.75, 3.05) is 13.1 Å². The second kappa shape index (κ2) is 5.53. The van der Waals surface area contributed by atoms with Crippen molar-refractivity contribution in [2.24, 2.45) is 5.92 Å². The molecule has 0 spiro atoms. The fraction of sp³-hybridized carbons (Fsp3) is 0.533. The van der Waals surface area contributed by atoms with E-state index in [9.17, 15) is 4.79 Å². The molecule has 0 radical (unpaired) electrons. The lowest BCUT2D eigenvalue weighted by Crippen LogP contribution is -2.47. The quantitative estimate of drug-likeness (QED) is 0.804. The van der Waals surface area contributed by atoms with E-state index < -0.39 is 0 Å². The number of rotatable bonds is 2. The van der Waals surface area contributed by atoms with Crippen LogP contribution in [0.3, 0.4) is 0 Å². The standard InChI is InChI=1S/C15H21NO2/c1-11(2)15(17)16-9-12(3)18-14(10-16)13-7-5-4-6-8-13/h4-8,11-12,14H,9-10H2,1-3H3/t12-,14+/m1/s1. The molecule has 1 amide bonds. The first-order valence-corrected chi connectivity index (χ1v) is 6.57. The second-order valence-corrected chi connectivity index (χ2v) is 5.24. The van der Waals surface area contributed by atoms with Gasteiger partial charge < -0.3 is 9.64 Å². The van der Waals surface area contributed by atoms with Gasteiger partial charge in [0.2, 0.25) is 5.91 Å². The zero-order valence-corrected chi connectivity index (χ0v) is 11.3. The Bertz CT molecular complexity index is 402. The largest absolute Gasteiger partial charge is 0.367 e. The summed E-state index contributed by atoms with van der Waals surface area (Å²) in [6.07, 6.45) is 0.0873. The molecule has 98 valence electrons. The lowest BCUT2D eigenvalue weighted by molar-refractivity contribution is -0.148. The zero-order chi connectivity index (χ0) is 13.1. The van der Waals surface area contributed by atoms with E-state index in [-0.39, 0.29) is 24.0 Å². The molecule has 0 saturated carbocycles. The van der Waals surface area contributed by atoms with Crippen molar-refractivity contribution in [3.63, 3.8) is 0 Å². The maximum absolute atomic E-state index is 12.1. The van der Waals surface area contributed by atoms with Crippen molar-refractivity contribution < 1.29 is 9.53 Å². The van der Waals surface area contributed by atoms with Crippen LogP contribution in [0.5, 0.6) is 0 Å². The molecular weight excluding hydrogens is 226 g/mol. The molecule has 3 nitrogen and oxygen atoms in total. The molecule has 1 heterocycles. The van der Waals surface area contributed by atoms with Crippen LogP contribution >= 0.6 is 0 Å². The number of hydrogen-bond donors (Lipinski definition) is 0. The summed E-state index contributed by atoms with van der Waals surface area (Å²) in [7, 11) is 0. The van der Waals surface area contributed by atoms with Crippen molar-refractivity contribution in [2.45, 2.75) is 33.0 Å². The van der Waals surface area contributed by atoms with E-state index in [0.717, 1.165) is 5.56 Å². The summed E-state index contributed by atoms with van der Waals surface area (Å²) in [5.74, 6) is 0.262.